The van der Waals surface area contributed by atoms with Gasteiger partial charge in [-0.2, -0.15) is 8.42 Å². The summed E-state index contributed by atoms with van der Waals surface area (Å²) in [7, 11) is -4.67. The fourth-order valence-corrected chi connectivity index (χ4v) is 6.71. The minimum absolute atomic E-state index is 0.943. The van der Waals surface area contributed by atoms with E-state index in [2.05, 4.69) is 23.6 Å². The molecule has 2 saturated heterocycles. The molecule has 49 heavy (non-hydrogen) atoms. The first kappa shape index (κ1) is 48.7. The molecule has 9 heteroatoms. The first-order valence-corrected chi connectivity index (χ1v) is 22.6. The first-order valence-electron chi connectivity index (χ1n) is 21.2. The van der Waals surface area contributed by atoms with Crippen molar-refractivity contribution in [1.82, 2.24) is 9.80 Å². The summed E-state index contributed by atoms with van der Waals surface area (Å²) < 4.78 is 42.3. The summed E-state index contributed by atoms with van der Waals surface area (Å²) in [6.45, 7) is 15.6. The molecular formula is C40H84N2O6S. The second kappa shape index (κ2) is 38.9. The van der Waals surface area contributed by atoms with Gasteiger partial charge in [-0.15, -0.1) is 0 Å². The largest absolute Gasteiger partial charge is 0.394 e. The van der Waals surface area contributed by atoms with Gasteiger partial charge in [0.15, 0.2) is 0 Å². The van der Waals surface area contributed by atoms with E-state index >= 15 is 0 Å². The molecule has 296 valence electrons. The molecule has 0 spiro atoms. The molecule has 2 heterocycles. The van der Waals surface area contributed by atoms with Crippen molar-refractivity contribution >= 4 is 10.4 Å². The van der Waals surface area contributed by atoms with Gasteiger partial charge in [-0.05, 0) is 25.9 Å². The highest BCUT2D eigenvalue weighted by molar-refractivity contribution is 7.79. The van der Waals surface area contributed by atoms with Crippen molar-refractivity contribution < 1.29 is 27.0 Å². The fourth-order valence-electron chi connectivity index (χ4n) is 6.71. The van der Waals surface area contributed by atoms with E-state index in [1.165, 1.54) is 193 Å². The van der Waals surface area contributed by atoms with Crippen molar-refractivity contribution in [2.24, 2.45) is 0 Å². The van der Waals surface area contributed by atoms with Crippen LogP contribution in [0.3, 0.4) is 0 Å². The van der Waals surface area contributed by atoms with Gasteiger partial charge in [0, 0.05) is 26.2 Å². The first-order chi connectivity index (χ1) is 23.9. The molecule has 2 aliphatic heterocycles. The Kier molecular flexibility index (Phi) is 38.7. The van der Waals surface area contributed by atoms with Crippen LogP contribution in [0.15, 0.2) is 0 Å². The van der Waals surface area contributed by atoms with Crippen LogP contribution in [-0.2, 0) is 19.9 Å². The van der Waals surface area contributed by atoms with E-state index < -0.39 is 10.4 Å². The van der Waals surface area contributed by atoms with Crippen molar-refractivity contribution in [1.29, 1.82) is 0 Å². The van der Waals surface area contributed by atoms with Crippen molar-refractivity contribution in [2.45, 2.75) is 194 Å². The molecular weight excluding hydrogens is 637 g/mol. The van der Waals surface area contributed by atoms with Crippen molar-refractivity contribution in [3.05, 3.63) is 0 Å². The number of hydrogen-bond acceptors (Lipinski definition) is 6. The van der Waals surface area contributed by atoms with E-state index in [0.29, 0.717) is 0 Å². The molecule has 8 nitrogen and oxygen atoms in total. The Balaban J connectivity index is 0.000000826. The molecule has 0 saturated carbocycles. The summed E-state index contributed by atoms with van der Waals surface area (Å²) in [4.78, 5) is 5.12. The number of rotatable bonds is 30. The molecule has 0 radical (unpaired) electrons. The summed E-state index contributed by atoms with van der Waals surface area (Å²) in [6.07, 6.45) is 40.6. The normalized spacial score (nSPS) is 15.8. The molecule has 0 unspecified atom stereocenters. The van der Waals surface area contributed by atoms with Crippen LogP contribution in [0.4, 0.5) is 0 Å². The second-order valence-electron chi connectivity index (χ2n) is 14.5. The summed E-state index contributed by atoms with van der Waals surface area (Å²) in [5.74, 6) is 0. The monoisotopic (exact) mass is 721 g/mol. The predicted octanol–water partition coefficient (Wildman–Crippen LogP) is 10.9. The minimum Gasteiger partial charge on any atom is -0.379 e. The maximum atomic E-state index is 8.74. The molecule has 2 rings (SSSR count). The fraction of sp³-hybridized carbons (Fsp3) is 1.00. The molecule has 0 atom stereocenters. The average Bonchev–Trinajstić information content (AvgIpc) is 3.09. The molecule has 2 aliphatic rings. The van der Waals surface area contributed by atoms with Crippen LogP contribution < -0.4 is 0 Å². The van der Waals surface area contributed by atoms with Crippen LogP contribution >= 0.6 is 0 Å². The molecule has 0 aromatic heterocycles. The van der Waals surface area contributed by atoms with Gasteiger partial charge in [0.25, 0.3) is 0 Å². The van der Waals surface area contributed by atoms with Crippen LogP contribution in [0.2, 0.25) is 0 Å². The topological polar surface area (TPSA) is 99.5 Å². The van der Waals surface area contributed by atoms with Gasteiger partial charge >= 0.3 is 10.4 Å². The van der Waals surface area contributed by atoms with Crippen molar-refractivity contribution in [3.63, 3.8) is 0 Å². The lowest BCUT2D eigenvalue weighted by atomic mass is 10.0. The van der Waals surface area contributed by atoms with Gasteiger partial charge in [-0.1, -0.05) is 181 Å². The highest BCUT2D eigenvalue weighted by atomic mass is 32.3. The van der Waals surface area contributed by atoms with Gasteiger partial charge < -0.3 is 9.47 Å². The maximum absolute atomic E-state index is 8.74. The lowest BCUT2D eigenvalue weighted by Crippen LogP contribution is -2.36. The van der Waals surface area contributed by atoms with E-state index in [-0.39, 0.29) is 0 Å². The molecule has 2 N–H and O–H groups in total. The van der Waals surface area contributed by atoms with Crippen LogP contribution in [0.1, 0.15) is 194 Å². The standard InChI is InChI=1S/2C20H41NO.H2O4S/c2*1-2-3-4-5-6-7-8-9-10-11-12-13-14-15-16-21-17-19-22-20-18-21;1-5(2,3)4/h2*2-20H2,1H3;(H2,1,2,3,4). The summed E-state index contributed by atoms with van der Waals surface area (Å²) in [5, 5.41) is 0. The van der Waals surface area contributed by atoms with Crippen LogP contribution in [-0.4, -0.2) is 93.0 Å². The van der Waals surface area contributed by atoms with Crippen LogP contribution in [0.5, 0.6) is 0 Å². The Bertz CT molecular complexity index is 676. The quantitative estimate of drug-likeness (QED) is 0.0559. The number of ether oxygens (including phenoxy) is 2. The molecule has 0 amide bonds. The van der Waals surface area contributed by atoms with E-state index in [1.807, 2.05) is 0 Å². The van der Waals surface area contributed by atoms with E-state index in [1.54, 1.807) is 0 Å². The molecule has 0 bridgehead atoms. The lowest BCUT2D eigenvalue weighted by molar-refractivity contribution is 0.0370. The van der Waals surface area contributed by atoms with Gasteiger partial charge in [0.1, 0.15) is 0 Å². The summed E-state index contributed by atoms with van der Waals surface area (Å²) in [5.41, 5.74) is 0. The Morgan fingerprint density at radius 3 is 0.776 bits per heavy atom. The van der Waals surface area contributed by atoms with Gasteiger partial charge in [0.2, 0.25) is 0 Å². The zero-order valence-electron chi connectivity index (χ0n) is 32.7. The van der Waals surface area contributed by atoms with Gasteiger partial charge in [-0.3, -0.25) is 18.9 Å². The summed E-state index contributed by atoms with van der Waals surface area (Å²) in [6, 6.07) is 0. The highest BCUT2D eigenvalue weighted by Gasteiger charge is 2.10. The van der Waals surface area contributed by atoms with Crippen LogP contribution in [0, 0.1) is 0 Å². The van der Waals surface area contributed by atoms with Gasteiger partial charge in [-0.25, -0.2) is 0 Å². The number of morpholine rings is 2. The molecule has 0 aliphatic carbocycles. The van der Waals surface area contributed by atoms with Crippen LogP contribution in [0.25, 0.3) is 0 Å². The van der Waals surface area contributed by atoms with E-state index in [9.17, 15) is 0 Å². The lowest BCUT2D eigenvalue weighted by Gasteiger charge is -2.26. The Hall–Kier alpha value is -0.290. The Morgan fingerprint density at radius 1 is 0.388 bits per heavy atom. The highest BCUT2D eigenvalue weighted by Crippen LogP contribution is 2.15. The number of nitrogens with zero attached hydrogens (tertiary/aromatic N) is 2. The SMILES string of the molecule is CCCCCCCCCCCCCCCCN1CCOCC1.CCCCCCCCCCCCCCCCN1CCOCC1.O=S(=O)(O)O. The maximum Gasteiger partial charge on any atom is 0.394 e. The number of unbranched alkanes of at least 4 members (excludes halogenated alkanes) is 26. The minimum atomic E-state index is -4.67. The number of hydrogen-bond donors (Lipinski definition) is 2. The van der Waals surface area contributed by atoms with Crippen molar-refractivity contribution in [3.8, 4) is 0 Å². The third kappa shape index (κ3) is 43.8. The third-order valence-electron chi connectivity index (χ3n) is 9.86. The zero-order valence-corrected chi connectivity index (χ0v) is 33.5. The molecule has 0 aromatic rings. The summed E-state index contributed by atoms with van der Waals surface area (Å²) >= 11 is 0. The average molecular weight is 721 g/mol. The third-order valence-corrected chi connectivity index (χ3v) is 9.86. The second-order valence-corrected chi connectivity index (χ2v) is 15.4. The van der Waals surface area contributed by atoms with E-state index in [4.69, 9.17) is 27.0 Å². The smallest absolute Gasteiger partial charge is 0.379 e. The van der Waals surface area contributed by atoms with Crippen molar-refractivity contribution in [2.75, 3.05) is 65.7 Å². The molecule has 0 aromatic carbocycles. The molecule has 2 fully saturated rings. The predicted molar refractivity (Wildman–Crippen MR) is 209 cm³/mol. The zero-order chi connectivity index (χ0) is 35.9. The van der Waals surface area contributed by atoms with Gasteiger partial charge in [0.05, 0.1) is 26.4 Å². The Morgan fingerprint density at radius 2 is 0.571 bits per heavy atom. The van der Waals surface area contributed by atoms with E-state index in [0.717, 1.165) is 52.6 Å². The Labute approximate surface area is 305 Å².